The molecule has 0 bridgehead atoms. The van der Waals surface area contributed by atoms with E-state index in [1.54, 1.807) is 50.2 Å². The summed E-state index contributed by atoms with van der Waals surface area (Å²) in [6.45, 7) is 0.559. The normalized spacial score (nSPS) is 18.7. The lowest BCUT2D eigenvalue weighted by Gasteiger charge is -2.31. The Morgan fingerprint density at radius 1 is 0.897 bits per heavy atom. The average molecular weight is 1080 g/mol. The van der Waals surface area contributed by atoms with Crippen molar-refractivity contribution in [3.8, 4) is 11.4 Å². The predicted octanol–water partition coefficient (Wildman–Crippen LogP) is -1.77. The SMILES string of the molecule is CC[C@@]1(O)C(=O)OCc2c1cc1n(c2=O)Cc2c-1nc1cc(F)c(C)c3c1c2[C@@H](NC(=O)COCNC(=O)CNC(=O)[C@H](Cc1ccccc1)NC(=O)CNC(=O)CNC(=O)[C@H](CNCC(=O)O)N1C(=O)CC(C)C1=O)CC3. The number of aliphatic hydroxyl groups is 1. The zero-order chi connectivity index (χ0) is 56.2. The van der Waals surface area contributed by atoms with Crippen molar-refractivity contribution in [1.29, 1.82) is 0 Å². The van der Waals surface area contributed by atoms with Crippen LogP contribution in [0.1, 0.15) is 78.1 Å². The molecule has 3 aliphatic heterocycles. The fraction of sp³-hybridized carbons (Fsp3) is 0.423. The van der Waals surface area contributed by atoms with Crippen LogP contribution in [0.3, 0.4) is 0 Å². The number of benzene rings is 2. The van der Waals surface area contributed by atoms with Gasteiger partial charge < -0.3 is 61.5 Å². The molecule has 1 aliphatic carbocycles. The van der Waals surface area contributed by atoms with Gasteiger partial charge in [0.2, 0.25) is 47.3 Å². The highest BCUT2D eigenvalue weighted by Crippen LogP contribution is 2.46. The van der Waals surface area contributed by atoms with Gasteiger partial charge in [0.15, 0.2) is 5.60 Å². The van der Waals surface area contributed by atoms with Gasteiger partial charge >= 0.3 is 11.9 Å². The summed E-state index contributed by atoms with van der Waals surface area (Å²) in [6.07, 6.45) is 0.482. The van der Waals surface area contributed by atoms with Gasteiger partial charge in [-0.3, -0.25) is 52.8 Å². The number of rotatable bonds is 22. The molecule has 412 valence electrons. The summed E-state index contributed by atoms with van der Waals surface area (Å²) in [6, 6.07) is 8.05. The minimum atomic E-state index is -2.07. The lowest BCUT2D eigenvalue weighted by molar-refractivity contribution is -0.172. The summed E-state index contributed by atoms with van der Waals surface area (Å²) in [5.74, 6) is -9.28. The number of carbonyl (C=O) groups excluding carboxylic acids is 9. The summed E-state index contributed by atoms with van der Waals surface area (Å²) >= 11 is 0. The van der Waals surface area contributed by atoms with E-state index in [1.165, 1.54) is 17.6 Å². The van der Waals surface area contributed by atoms with Crippen molar-refractivity contribution in [3.63, 3.8) is 0 Å². The van der Waals surface area contributed by atoms with E-state index in [1.807, 2.05) is 0 Å². The van der Waals surface area contributed by atoms with Gasteiger partial charge in [-0.2, -0.15) is 0 Å². The first-order chi connectivity index (χ1) is 37.2. The molecule has 5 heterocycles. The third kappa shape index (κ3) is 11.6. The molecular weight excluding hydrogens is 1020 g/mol. The van der Waals surface area contributed by atoms with Crippen LogP contribution in [0, 0.1) is 18.7 Å². The van der Waals surface area contributed by atoms with Gasteiger partial charge in [0.1, 0.15) is 37.8 Å². The number of aliphatic carboxylic acids is 1. The summed E-state index contributed by atoms with van der Waals surface area (Å²) in [5.41, 5.74) is 1.62. The van der Waals surface area contributed by atoms with E-state index in [-0.39, 0.29) is 43.5 Å². The van der Waals surface area contributed by atoms with Crippen molar-refractivity contribution in [2.24, 2.45) is 5.92 Å². The predicted molar refractivity (Wildman–Crippen MR) is 268 cm³/mol. The molecule has 8 amide bonds. The maximum Gasteiger partial charge on any atom is 0.343 e. The Balaban J connectivity index is 0.835. The van der Waals surface area contributed by atoms with Gasteiger partial charge in [-0.25, -0.2) is 14.2 Å². The Bertz CT molecular complexity index is 3220. The van der Waals surface area contributed by atoms with Crippen LogP contribution in [0.15, 0.2) is 47.3 Å². The monoisotopic (exact) mass is 1080 g/mol. The van der Waals surface area contributed by atoms with Crippen molar-refractivity contribution >= 4 is 70.1 Å². The molecule has 26 heteroatoms. The van der Waals surface area contributed by atoms with E-state index < -0.39 is 146 Å². The van der Waals surface area contributed by atoms with Crippen molar-refractivity contribution in [3.05, 3.63) is 97.6 Å². The number of esters is 1. The minimum absolute atomic E-state index is 0.0305. The van der Waals surface area contributed by atoms with Crippen LogP contribution < -0.4 is 42.8 Å². The maximum absolute atomic E-state index is 15.4. The summed E-state index contributed by atoms with van der Waals surface area (Å²) in [5, 5.41) is 38.4. The van der Waals surface area contributed by atoms with Crippen LogP contribution in [-0.2, 0) is 89.0 Å². The number of fused-ring (bicyclic) bond motifs is 5. The fourth-order valence-corrected chi connectivity index (χ4v) is 10.1. The number of carboxylic acids is 1. The number of cyclic esters (lactones) is 1. The topological polar surface area (TPSA) is 352 Å². The quantitative estimate of drug-likeness (QED) is 0.0160. The number of aromatic nitrogens is 2. The first-order valence-corrected chi connectivity index (χ1v) is 25.1. The van der Waals surface area contributed by atoms with E-state index in [2.05, 4.69) is 37.2 Å². The number of hydrogen-bond donors (Lipinski definition) is 9. The molecule has 1 unspecified atom stereocenters. The van der Waals surface area contributed by atoms with Crippen LogP contribution >= 0.6 is 0 Å². The number of likely N-dealkylation sites (tertiary alicyclic amines) is 1. The van der Waals surface area contributed by atoms with Crippen LogP contribution in [-0.4, -0.2) is 142 Å². The number of pyridine rings is 2. The van der Waals surface area contributed by atoms with E-state index in [9.17, 15) is 57.8 Å². The molecule has 0 spiro atoms. The summed E-state index contributed by atoms with van der Waals surface area (Å²) < 4.78 is 27.5. The number of aryl methyl sites for hydroxylation is 1. The van der Waals surface area contributed by atoms with Crippen molar-refractivity contribution in [2.45, 2.75) is 89.8 Å². The Labute approximate surface area is 443 Å². The molecule has 2 aromatic heterocycles. The van der Waals surface area contributed by atoms with E-state index in [0.717, 1.165) is 4.90 Å². The average Bonchev–Trinajstić information content (AvgIpc) is 4.07. The van der Waals surface area contributed by atoms with Crippen molar-refractivity contribution in [2.75, 3.05) is 46.1 Å². The van der Waals surface area contributed by atoms with Gasteiger partial charge in [0.05, 0.1) is 61.2 Å². The molecule has 1 fully saturated rings. The number of ether oxygens (including phenoxy) is 2. The van der Waals surface area contributed by atoms with E-state index in [4.69, 9.17) is 19.6 Å². The molecule has 1 saturated heterocycles. The third-order valence-corrected chi connectivity index (χ3v) is 14.2. The summed E-state index contributed by atoms with van der Waals surface area (Å²) in [4.78, 5) is 147. The Hall–Kier alpha value is -8.49. The minimum Gasteiger partial charge on any atom is -0.480 e. The number of carboxylic acid groups (broad SMARTS) is 1. The largest absolute Gasteiger partial charge is 0.480 e. The fourth-order valence-electron chi connectivity index (χ4n) is 10.1. The lowest BCUT2D eigenvalue weighted by Crippen LogP contribution is -2.56. The molecule has 0 saturated carbocycles. The number of amides is 8. The van der Waals surface area contributed by atoms with Gasteiger partial charge in [0, 0.05) is 47.9 Å². The highest BCUT2D eigenvalue weighted by Gasteiger charge is 2.46. The van der Waals surface area contributed by atoms with Crippen LogP contribution in [0.25, 0.3) is 22.3 Å². The van der Waals surface area contributed by atoms with E-state index in [0.29, 0.717) is 62.9 Å². The Kier molecular flexibility index (Phi) is 16.7. The molecule has 8 rings (SSSR count). The molecule has 25 nitrogen and oxygen atoms in total. The number of nitrogens with one attached hydrogen (secondary N) is 7. The number of halogens is 1. The zero-order valence-corrected chi connectivity index (χ0v) is 42.7. The molecular formula is C52H57FN10O15. The van der Waals surface area contributed by atoms with Gasteiger partial charge in [-0.05, 0) is 54.5 Å². The first-order valence-electron chi connectivity index (χ1n) is 25.1. The van der Waals surface area contributed by atoms with Crippen LogP contribution in [0.5, 0.6) is 0 Å². The second-order valence-corrected chi connectivity index (χ2v) is 19.3. The highest BCUT2D eigenvalue weighted by atomic mass is 19.1. The highest BCUT2D eigenvalue weighted by molar-refractivity contribution is 6.07. The van der Waals surface area contributed by atoms with Gasteiger partial charge in [-0.15, -0.1) is 0 Å². The smallest absolute Gasteiger partial charge is 0.343 e. The van der Waals surface area contributed by atoms with E-state index >= 15 is 4.39 Å². The lowest BCUT2D eigenvalue weighted by atomic mass is 9.81. The number of imide groups is 1. The molecule has 9 N–H and O–H groups in total. The third-order valence-electron chi connectivity index (χ3n) is 14.2. The standard InChI is InChI=1S/C52H57FN10O15/c1-4-52(76)31-14-36-46-29(21-62(36)50(74)30(31)22-78-51(52)75)45-33(11-10-28-26(3)32(53)15-34(61-46)44(28)45)59-41(67)23-77-24-58-39(65)18-56-47(71)35(13-27-8-6-5-7-9-27)60-40(66)19-55-38(64)17-57-48(72)37(16-54-20-43(69)70)63-42(68)12-25(2)49(63)73/h5-9,14-15,25,33,35,37,54,76H,4,10-13,16-24H2,1-3H3,(H,55,64)(H,56,71)(H,57,72)(H,58,65)(H,59,67)(H,60,66)(H,69,70)/t25?,33-,35-,37-,52-/m0/s1. The summed E-state index contributed by atoms with van der Waals surface area (Å²) in [7, 11) is 0. The first kappa shape index (κ1) is 55.7. The number of nitrogens with zero attached hydrogens (tertiary/aromatic N) is 3. The molecule has 2 aromatic carbocycles. The van der Waals surface area contributed by atoms with Crippen molar-refractivity contribution < 1.29 is 72.0 Å². The van der Waals surface area contributed by atoms with Gasteiger partial charge in [0.25, 0.3) is 5.56 Å². The number of carbonyl (C=O) groups is 10. The number of hydrogen-bond acceptors (Lipinski definition) is 16. The molecule has 4 aliphatic rings. The van der Waals surface area contributed by atoms with Crippen LogP contribution in [0.4, 0.5) is 4.39 Å². The van der Waals surface area contributed by atoms with Crippen LogP contribution in [0.2, 0.25) is 0 Å². The van der Waals surface area contributed by atoms with Crippen molar-refractivity contribution in [1.82, 2.24) is 51.7 Å². The second kappa shape index (κ2) is 23.4. The second-order valence-electron chi connectivity index (χ2n) is 19.3. The Morgan fingerprint density at radius 3 is 2.29 bits per heavy atom. The Morgan fingerprint density at radius 2 is 1.60 bits per heavy atom. The molecule has 4 aromatic rings. The molecule has 5 atom stereocenters. The van der Waals surface area contributed by atoms with Gasteiger partial charge in [-0.1, -0.05) is 44.2 Å². The molecule has 78 heavy (non-hydrogen) atoms. The molecule has 0 radical (unpaired) electrons. The maximum atomic E-state index is 15.4. The zero-order valence-electron chi connectivity index (χ0n) is 42.7.